The first-order valence-electron chi connectivity index (χ1n) is 17.3. The van der Waals surface area contributed by atoms with E-state index in [1.807, 2.05) is 58.3 Å². The van der Waals surface area contributed by atoms with Gasteiger partial charge >= 0.3 is 0 Å². The number of likely N-dealkylation sites (tertiary alicyclic amines) is 1. The van der Waals surface area contributed by atoms with Gasteiger partial charge in [0.1, 0.15) is 17.6 Å². The maximum atomic E-state index is 14.3. The van der Waals surface area contributed by atoms with Gasteiger partial charge in [0, 0.05) is 49.9 Å². The van der Waals surface area contributed by atoms with E-state index in [-0.39, 0.29) is 17.7 Å². The summed E-state index contributed by atoms with van der Waals surface area (Å²) in [5.74, 6) is -0.209. The first-order chi connectivity index (χ1) is 23.3. The summed E-state index contributed by atoms with van der Waals surface area (Å²) in [4.78, 5) is 50.8. The standard InChI is InChI=1S/C38H47ClN6O3/c1-3-42(4-2)24-25-44-27-45(31-11-6-5-7-12-31)38(37(44)48)19-22-43(23-20-38)36(47)33(26-28-14-16-30(39)17-15-28)41-35(46)34-32-13-9-8-10-29(32)18-21-40-34/h5-17,33-34,40H,3-4,18-27H2,1-2H3,(H,41,46). The molecule has 3 aliphatic rings. The lowest BCUT2D eigenvalue weighted by Gasteiger charge is -2.44. The Morgan fingerprint density at radius 1 is 0.979 bits per heavy atom. The number of para-hydroxylation sites is 1. The highest BCUT2D eigenvalue weighted by Gasteiger charge is 2.54. The number of carbonyl (C=O) groups is 3. The van der Waals surface area contributed by atoms with E-state index in [1.165, 1.54) is 0 Å². The molecule has 1 spiro atoms. The van der Waals surface area contributed by atoms with E-state index in [9.17, 15) is 14.4 Å². The molecule has 0 radical (unpaired) electrons. The zero-order chi connectivity index (χ0) is 33.7. The van der Waals surface area contributed by atoms with Crippen molar-refractivity contribution in [3.63, 3.8) is 0 Å². The molecule has 0 aromatic heterocycles. The Morgan fingerprint density at radius 3 is 2.38 bits per heavy atom. The number of piperidine rings is 1. The number of halogens is 1. The quantitative estimate of drug-likeness (QED) is 0.317. The minimum atomic E-state index is -0.765. The molecule has 9 nitrogen and oxygen atoms in total. The van der Waals surface area contributed by atoms with Gasteiger partial charge in [0.05, 0.1) is 6.67 Å². The summed E-state index contributed by atoms with van der Waals surface area (Å²) in [5, 5.41) is 7.09. The van der Waals surface area contributed by atoms with Gasteiger partial charge in [-0.15, -0.1) is 0 Å². The number of anilines is 1. The van der Waals surface area contributed by atoms with E-state index < -0.39 is 17.6 Å². The Balaban J connectivity index is 1.20. The van der Waals surface area contributed by atoms with E-state index in [4.69, 9.17) is 11.6 Å². The van der Waals surface area contributed by atoms with Gasteiger partial charge in [-0.1, -0.05) is 80.0 Å². The maximum absolute atomic E-state index is 14.3. The predicted octanol–water partition coefficient (Wildman–Crippen LogP) is 4.26. The number of carbonyl (C=O) groups excluding carboxylic acids is 3. The van der Waals surface area contributed by atoms with Gasteiger partial charge < -0.3 is 30.2 Å². The average Bonchev–Trinajstić information content (AvgIpc) is 3.39. The lowest BCUT2D eigenvalue weighted by molar-refractivity contribution is -0.141. The van der Waals surface area contributed by atoms with Gasteiger partial charge in [-0.25, -0.2) is 0 Å². The van der Waals surface area contributed by atoms with Crippen LogP contribution in [0.5, 0.6) is 0 Å². The number of amides is 3. The van der Waals surface area contributed by atoms with Gasteiger partial charge in [0.2, 0.25) is 17.7 Å². The number of benzene rings is 3. The van der Waals surface area contributed by atoms with Crippen molar-refractivity contribution in [3.05, 3.63) is 101 Å². The van der Waals surface area contributed by atoms with Crippen LogP contribution in [0, 0.1) is 0 Å². The second-order valence-corrected chi connectivity index (χ2v) is 13.5. The number of likely N-dealkylation sites (N-methyl/N-ethyl adjacent to an activating group) is 1. The summed E-state index contributed by atoms with van der Waals surface area (Å²) in [5.41, 5.74) is 3.31. The fourth-order valence-electron chi connectivity index (χ4n) is 7.54. The lowest BCUT2D eigenvalue weighted by Crippen LogP contribution is -2.60. The summed E-state index contributed by atoms with van der Waals surface area (Å²) < 4.78 is 0. The van der Waals surface area contributed by atoms with Crippen molar-refractivity contribution < 1.29 is 14.4 Å². The van der Waals surface area contributed by atoms with Crippen LogP contribution in [0.15, 0.2) is 78.9 Å². The van der Waals surface area contributed by atoms with Crippen LogP contribution in [-0.4, -0.2) is 96.5 Å². The molecular formula is C38H47ClN6O3. The molecule has 10 heteroatoms. The molecule has 3 heterocycles. The molecule has 254 valence electrons. The van der Waals surface area contributed by atoms with Crippen molar-refractivity contribution in [1.29, 1.82) is 0 Å². The van der Waals surface area contributed by atoms with Crippen LogP contribution in [0.4, 0.5) is 5.69 Å². The predicted molar refractivity (Wildman–Crippen MR) is 190 cm³/mol. The molecule has 2 unspecified atom stereocenters. The third-order valence-electron chi connectivity index (χ3n) is 10.4. The second kappa shape index (κ2) is 15.1. The molecular weight excluding hydrogens is 624 g/mol. The zero-order valence-electron chi connectivity index (χ0n) is 28.0. The van der Waals surface area contributed by atoms with Gasteiger partial charge in [-0.2, -0.15) is 0 Å². The molecule has 0 bridgehead atoms. The maximum Gasteiger partial charge on any atom is 0.250 e. The molecule has 2 atom stereocenters. The van der Waals surface area contributed by atoms with Gasteiger partial charge in [0.15, 0.2) is 0 Å². The molecule has 0 saturated carbocycles. The minimum absolute atomic E-state index is 0.132. The Bertz CT molecular complexity index is 1570. The molecule has 3 aromatic carbocycles. The first-order valence-corrected chi connectivity index (χ1v) is 17.7. The Hall–Kier alpha value is -3.92. The van der Waals surface area contributed by atoms with E-state index in [0.717, 1.165) is 48.4 Å². The highest BCUT2D eigenvalue weighted by Crippen LogP contribution is 2.39. The Labute approximate surface area is 289 Å². The largest absolute Gasteiger partial charge is 0.342 e. The van der Waals surface area contributed by atoms with E-state index in [1.54, 1.807) is 12.1 Å². The summed E-state index contributed by atoms with van der Waals surface area (Å²) >= 11 is 6.16. The number of nitrogens with one attached hydrogen (secondary N) is 2. The smallest absolute Gasteiger partial charge is 0.250 e. The van der Waals surface area contributed by atoms with Crippen LogP contribution < -0.4 is 15.5 Å². The van der Waals surface area contributed by atoms with Gasteiger partial charge in [-0.05, 0) is 73.3 Å². The fraction of sp³-hybridized carbons (Fsp3) is 0.447. The molecule has 0 aliphatic carbocycles. The highest BCUT2D eigenvalue weighted by molar-refractivity contribution is 6.30. The Morgan fingerprint density at radius 2 is 1.67 bits per heavy atom. The topological polar surface area (TPSA) is 88.2 Å². The van der Waals surface area contributed by atoms with Crippen LogP contribution in [-0.2, 0) is 27.2 Å². The van der Waals surface area contributed by atoms with E-state index in [2.05, 4.69) is 52.5 Å². The molecule has 3 aromatic rings. The number of fused-ring (bicyclic) bond motifs is 1. The van der Waals surface area contributed by atoms with Gasteiger partial charge in [-0.3, -0.25) is 14.4 Å². The molecule has 3 aliphatic heterocycles. The zero-order valence-corrected chi connectivity index (χ0v) is 28.8. The molecule has 48 heavy (non-hydrogen) atoms. The second-order valence-electron chi connectivity index (χ2n) is 13.1. The normalized spacial score (nSPS) is 19.5. The Kier molecular flexibility index (Phi) is 10.7. The summed E-state index contributed by atoms with van der Waals surface area (Å²) in [6.45, 7) is 9.75. The third kappa shape index (κ3) is 7.09. The van der Waals surface area contributed by atoms with Crippen LogP contribution in [0.2, 0.25) is 5.02 Å². The highest BCUT2D eigenvalue weighted by atomic mass is 35.5. The number of rotatable bonds is 11. The molecule has 6 rings (SSSR count). The summed E-state index contributed by atoms with van der Waals surface area (Å²) in [7, 11) is 0. The van der Waals surface area contributed by atoms with E-state index in [0.29, 0.717) is 57.1 Å². The molecule has 3 amide bonds. The SMILES string of the molecule is CCN(CC)CCN1CN(c2ccccc2)C2(CCN(C(=O)C(Cc3ccc(Cl)cc3)NC(=O)C3NCCc4ccccc43)CC2)C1=O. The summed E-state index contributed by atoms with van der Waals surface area (Å²) in [6, 6.07) is 24.2. The van der Waals surface area contributed by atoms with E-state index >= 15 is 0 Å². The van der Waals surface area contributed by atoms with Crippen molar-refractivity contribution in [2.24, 2.45) is 0 Å². The number of nitrogens with zero attached hydrogens (tertiary/aromatic N) is 4. The summed E-state index contributed by atoms with van der Waals surface area (Å²) in [6.07, 6.45) is 2.24. The van der Waals surface area contributed by atoms with Crippen LogP contribution in [0.3, 0.4) is 0 Å². The fourth-order valence-corrected chi connectivity index (χ4v) is 7.67. The van der Waals surface area contributed by atoms with Crippen LogP contribution >= 0.6 is 11.6 Å². The van der Waals surface area contributed by atoms with Crippen molar-refractivity contribution in [1.82, 2.24) is 25.3 Å². The van der Waals surface area contributed by atoms with Crippen molar-refractivity contribution in [2.75, 3.05) is 57.4 Å². The third-order valence-corrected chi connectivity index (χ3v) is 10.7. The van der Waals surface area contributed by atoms with Gasteiger partial charge in [0.25, 0.3) is 0 Å². The lowest BCUT2D eigenvalue weighted by atomic mass is 9.85. The van der Waals surface area contributed by atoms with Crippen LogP contribution in [0.1, 0.15) is 49.4 Å². The minimum Gasteiger partial charge on any atom is -0.342 e. The first kappa shape index (κ1) is 34.0. The monoisotopic (exact) mass is 670 g/mol. The molecule has 2 fully saturated rings. The van der Waals surface area contributed by atoms with Crippen molar-refractivity contribution >= 4 is 35.0 Å². The molecule has 2 saturated heterocycles. The van der Waals surface area contributed by atoms with Crippen molar-refractivity contribution in [3.8, 4) is 0 Å². The number of hydrogen-bond donors (Lipinski definition) is 2. The number of hydrogen-bond acceptors (Lipinski definition) is 6. The van der Waals surface area contributed by atoms with Crippen LogP contribution in [0.25, 0.3) is 0 Å². The van der Waals surface area contributed by atoms with Crippen molar-refractivity contribution in [2.45, 2.75) is 57.2 Å². The average molecular weight is 671 g/mol. The molecule has 2 N–H and O–H groups in total.